The second kappa shape index (κ2) is 10.9. The standard InChI is InChI=1S/C25H21ClN4O3S/c1-16-8-10-21(11-9-16)33-15-22-29-30-25(34-22)24(32)28-20-7-3-5-18(13-20)23(31)27-14-17-4-2-6-19(26)12-17/h2-13H,14-15H2,1H3,(H,27,31)(H,28,32). The van der Waals surface area contributed by atoms with E-state index in [1.54, 1.807) is 36.4 Å². The number of carbonyl (C=O) groups excluding carboxylic acids is 2. The normalized spacial score (nSPS) is 10.5. The van der Waals surface area contributed by atoms with E-state index in [1.165, 1.54) is 0 Å². The Labute approximate surface area is 205 Å². The number of rotatable bonds is 8. The Bertz CT molecular complexity index is 1310. The van der Waals surface area contributed by atoms with Crippen LogP contribution in [0.15, 0.2) is 72.8 Å². The second-order valence-corrected chi connectivity index (χ2v) is 8.95. The molecule has 3 aromatic carbocycles. The van der Waals surface area contributed by atoms with Gasteiger partial charge in [-0.15, -0.1) is 10.2 Å². The molecular weight excluding hydrogens is 472 g/mol. The van der Waals surface area contributed by atoms with Crippen LogP contribution in [-0.2, 0) is 13.2 Å². The van der Waals surface area contributed by atoms with E-state index in [9.17, 15) is 9.59 Å². The number of carbonyl (C=O) groups is 2. The number of benzene rings is 3. The summed E-state index contributed by atoms with van der Waals surface area (Å²) in [5, 5.41) is 15.0. The fraction of sp³-hybridized carbons (Fsp3) is 0.120. The lowest BCUT2D eigenvalue weighted by Crippen LogP contribution is -2.23. The number of halogens is 1. The zero-order chi connectivity index (χ0) is 23.9. The van der Waals surface area contributed by atoms with Crippen LogP contribution in [0.2, 0.25) is 5.02 Å². The molecule has 0 atom stereocenters. The van der Waals surface area contributed by atoms with E-state index in [4.69, 9.17) is 16.3 Å². The molecule has 7 nitrogen and oxygen atoms in total. The summed E-state index contributed by atoms with van der Waals surface area (Å²) in [4.78, 5) is 25.1. The number of aromatic nitrogens is 2. The van der Waals surface area contributed by atoms with Crippen molar-refractivity contribution >= 4 is 40.4 Å². The Kier molecular flexibility index (Phi) is 7.51. The minimum absolute atomic E-state index is 0.207. The van der Waals surface area contributed by atoms with E-state index >= 15 is 0 Å². The van der Waals surface area contributed by atoms with Gasteiger partial charge in [-0.05, 0) is 55.0 Å². The average molecular weight is 493 g/mol. The predicted octanol–water partition coefficient (Wildman–Crippen LogP) is 5.26. The van der Waals surface area contributed by atoms with E-state index < -0.39 is 5.91 Å². The highest BCUT2D eigenvalue weighted by Gasteiger charge is 2.15. The van der Waals surface area contributed by atoms with Crippen LogP contribution >= 0.6 is 22.9 Å². The zero-order valence-electron chi connectivity index (χ0n) is 18.2. The fourth-order valence-corrected chi connectivity index (χ4v) is 3.90. The molecule has 4 aromatic rings. The van der Waals surface area contributed by atoms with Crippen molar-refractivity contribution in [3.8, 4) is 5.75 Å². The Hall–Kier alpha value is -3.75. The zero-order valence-corrected chi connectivity index (χ0v) is 19.8. The molecule has 172 valence electrons. The summed E-state index contributed by atoms with van der Waals surface area (Å²) in [5.41, 5.74) is 2.94. The third-order valence-electron chi connectivity index (χ3n) is 4.77. The highest BCUT2D eigenvalue weighted by molar-refractivity contribution is 7.13. The molecule has 1 heterocycles. The summed E-state index contributed by atoms with van der Waals surface area (Å²) in [6.45, 7) is 2.56. The minimum Gasteiger partial charge on any atom is -0.486 e. The number of amides is 2. The van der Waals surface area contributed by atoms with Gasteiger partial charge < -0.3 is 15.4 Å². The topological polar surface area (TPSA) is 93.2 Å². The Morgan fingerprint density at radius 3 is 2.56 bits per heavy atom. The molecule has 4 rings (SSSR count). The summed E-state index contributed by atoms with van der Waals surface area (Å²) in [6, 6.07) is 21.6. The number of ether oxygens (including phenoxy) is 1. The van der Waals surface area contributed by atoms with Gasteiger partial charge in [0.15, 0.2) is 5.01 Å². The highest BCUT2D eigenvalue weighted by atomic mass is 35.5. The molecule has 0 aliphatic heterocycles. The molecule has 2 N–H and O–H groups in total. The molecule has 0 aliphatic carbocycles. The fourth-order valence-electron chi connectivity index (χ4n) is 3.04. The van der Waals surface area contributed by atoms with Crippen LogP contribution < -0.4 is 15.4 Å². The molecule has 0 unspecified atom stereocenters. The molecule has 0 saturated carbocycles. The maximum Gasteiger partial charge on any atom is 0.286 e. The molecule has 2 amide bonds. The van der Waals surface area contributed by atoms with Crippen LogP contribution in [0.5, 0.6) is 5.75 Å². The Balaban J connectivity index is 1.33. The molecule has 0 saturated heterocycles. The van der Waals surface area contributed by atoms with Gasteiger partial charge in [-0.25, -0.2) is 0 Å². The van der Waals surface area contributed by atoms with Gasteiger partial charge in [0.2, 0.25) is 5.01 Å². The summed E-state index contributed by atoms with van der Waals surface area (Å²) in [6.07, 6.45) is 0. The van der Waals surface area contributed by atoms with Crippen molar-refractivity contribution in [3.05, 3.63) is 105 Å². The van der Waals surface area contributed by atoms with Gasteiger partial charge in [0.05, 0.1) is 0 Å². The van der Waals surface area contributed by atoms with Gasteiger partial charge in [0.1, 0.15) is 12.4 Å². The maximum absolute atomic E-state index is 12.6. The van der Waals surface area contributed by atoms with Crippen LogP contribution in [0.4, 0.5) is 5.69 Å². The SMILES string of the molecule is Cc1ccc(OCc2nnc(C(=O)Nc3cccc(C(=O)NCc4cccc(Cl)c4)c3)s2)cc1. The van der Waals surface area contributed by atoms with E-state index in [0.29, 0.717) is 27.8 Å². The van der Waals surface area contributed by atoms with E-state index in [-0.39, 0.29) is 17.5 Å². The first-order chi connectivity index (χ1) is 16.5. The first kappa shape index (κ1) is 23.4. The molecule has 0 bridgehead atoms. The quantitative estimate of drug-likeness (QED) is 0.350. The molecule has 0 fully saturated rings. The largest absolute Gasteiger partial charge is 0.486 e. The minimum atomic E-state index is -0.407. The van der Waals surface area contributed by atoms with Crippen molar-refractivity contribution in [3.63, 3.8) is 0 Å². The number of aryl methyl sites for hydroxylation is 1. The summed E-state index contributed by atoms with van der Waals surface area (Å²) in [7, 11) is 0. The average Bonchev–Trinajstić information content (AvgIpc) is 3.32. The Morgan fingerprint density at radius 1 is 0.971 bits per heavy atom. The van der Waals surface area contributed by atoms with Gasteiger partial charge in [-0.3, -0.25) is 9.59 Å². The van der Waals surface area contributed by atoms with Crippen LogP contribution in [0.25, 0.3) is 0 Å². The molecule has 0 aliphatic rings. The first-order valence-corrected chi connectivity index (χ1v) is 11.6. The van der Waals surface area contributed by atoms with Crippen LogP contribution in [-0.4, -0.2) is 22.0 Å². The molecule has 34 heavy (non-hydrogen) atoms. The van der Waals surface area contributed by atoms with Crippen molar-refractivity contribution in [1.29, 1.82) is 0 Å². The smallest absolute Gasteiger partial charge is 0.286 e. The van der Waals surface area contributed by atoms with Crippen molar-refractivity contribution in [2.45, 2.75) is 20.1 Å². The van der Waals surface area contributed by atoms with Crippen molar-refractivity contribution in [1.82, 2.24) is 15.5 Å². The van der Waals surface area contributed by atoms with Gasteiger partial charge in [-0.1, -0.05) is 58.8 Å². The molecule has 0 spiro atoms. The molecule has 1 aromatic heterocycles. The van der Waals surface area contributed by atoms with Crippen molar-refractivity contribution in [2.75, 3.05) is 5.32 Å². The highest BCUT2D eigenvalue weighted by Crippen LogP contribution is 2.18. The predicted molar refractivity (Wildman–Crippen MR) is 132 cm³/mol. The van der Waals surface area contributed by atoms with Crippen molar-refractivity contribution < 1.29 is 14.3 Å². The van der Waals surface area contributed by atoms with Crippen LogP contribution in [0.1, 0.15) is 36.3 Å². The van der Waals surface area contributed by atoms with Crippen LogP contribution in [0.3, 0.4) is 0 Å². The van der Waals surface area contributed by atoms with Crippen LogP contribution in [0, 0.1) is 6.92 Å². The summed E-state index contributed by atoms with van der Waals surface area (Å²) >= 11 is 7.13. The first-order valence-electron chi connectivity index (χ1n) is 10.4. The second-order valence-electron chi connectivity index (χ2n) is 7.45. The molecular formula is C25H21ClN4O3S. The number of anilines is 1. The van der Waals surface area contributed by atoms with E-state index in [0.717, 1.165) is 28.2 Å². The number of hydrogen-bond donors (Lipinski definition) is 2. The molecule has 0 radical (unpaired) electrons. The van der Waals surface area contributed by atoms with Gasteiger partial charge in [0.25, 0.3) is 11.8 Å². The molecule has 9 heteroatoms. The van der Waals surface area contributed by atoms with Gasteiger partial charge in [0, 0.05) is 22.8 Å². The van der Waals surface area contributed by atoms with E-state index in [2.05, 4.69) is 20.8 Å². The van der Waals surface area contributed by atoms with E-state index in [1.807, 2.05) is 43.3 Å². The lowest BCUT2D eigenvalue weighted by Gasteiger charge is -2.08. The third-order valence-corrected chi connectivity index (χ3v) is 5.90. The summed E-state index contributed by atoms with van der Waals surface area (Å²) < 4.78 is 5.69. The summed E-state index contributed by atoms with van der Waals surface area (Å²) in [5.74, 6) is 0.0513. The number of nitrogens with one attached hydrogen (secondary N) is 2. The number of hydrogen-bond acceptors (Lipinski definition) is 6. The monoisotopic (exact) mass is 492 g/mol. The van der Waals surface area contributed by atoms with Gasteiger partial charge in [-0.2, -0.15) is 0 Å². The maximum atomic E-state index is 12.6. The Morgan fingerprint density at radius 2 is 1.76 bits per heavy atom. The van der Waals surface area contributed by atoms with Gasteiger partial charge >= 0.3 is 0 Å². The third kappa shape index (κ3) is 6.40. The lowest BCUT2D eigenvalue weighted by atomic mass is 10.1. The number of nitrogens with zero attached hydrogens (tertiary/aromatic N) is 2. The lowest BCUT2D eigenvalue weighted by molar-refractivity contribution is 0.0949. The van der Waals surface area contributed by atoms with Crippen molar-refractivity contribution in [2.24, 2.45) is 0 Å².